The Morgan fingerprint density at radius 1 is 0.640 bits per heavy atom. The van der Waals surface area contributed by atoms with E-state index in [1.54, 1.807) is 35.3 Å². The van der Waals surface area contributed by atoms with Gasteiger partial charge in [-0.1, -0.05) is 23.9 Å². The number of carbonyl (C=O) groups is 3. The summed E-state index contributed by atoms with van der Waals surface area (Å²) < 4.78 is 26.9. The summed E-state index contributed by atoms with van der Waals surface area (Å²) in [6, 6.07) is 17.4. The number of rotatable bonds is 27. The lowest BCUT2D eigenvalue weighted by Gasteiger charge is -2.32. The Morgan fingerprint density at radius 3 is 1.52 bits per heavy atom. The molecular formula is C35H48O8S7. The first-order valence-corrected chi connectivity index (χ1v) is 21.0. The van der Waals surface area contributed by atoms with Crippen LogP contribution in [0.3, 0.4) is 0 Å². The highest BCUT2D eigenvalue weighted by Gasteiger charge is 2.36. The molecule has 0 N–H and O–H groups in total. The Labute approximate surface area is 332 Å². The van der Waals surface area contributed by atoms with Crippen LogP contribution < -0.4 is 0 Å². The standard InChI is InChI=1S/C18H18S3.C17H30O8S4/c1-3-13-19-15-5-9-17(10-6-15)21-18-11-7-16(8-12-18)20-14-4-2;18-14(1-5-26)9-25-17(10-22-13-21-4-8-29,11-23-15(19)2-6-27)12-24-16(20)3-7-28/h3-12H,1-2,13-14H2;26-29H,1-13H2. The predicted octanol–water partition coefficient (Wildman–Crippen LogP) is 7.67. The second-order valence-electron chi connectivity index (χ2n) is 10.1. The molecule has 2 aromatic rings. The number of hydrogen-bond acceptors (Lipinski definition) is 15. The quantitative estimate of drug-likeness (QED) is 0.0179. The Kier molecular flexibility index (Phi) is 28.4. The van der Waals surface area contributed by atoms with E-state index in [9.17, 15) is 14.4 Å². The van der Waals surface area contributed by atoms with Crippen molar-refractivity contribution in [2.45, 2.75) is 44.4 Å². The van der Waals surface area contributed by atoms with Gasteiger partial charge in [-0.15, -0.1) is 36.7 Å². The lowest BCUT2D eigenvalue weighted by atomic mass is 10.1. The Morgan fingerprint density at radius 2 is 1.10 bits per heavy atom. The highest BCUT2D eigenvalue weighted by Crippen LogP contribution is 2.31. The maximum absolute atomic E-state index is 11.9. The first-order valence-electron chi connectivity index (χ1n) is 15.7. The van der Waals surface area contributed by atoms with Crippen LogP contribution in [0.25, 0.3) is 0 Å². The second kappa shape index (κ2) is 30.3. The van der Waals surface area contributed by atoms with E-state index >= 15 is 0 Å². The number of Topliss-reactive ketones (excluding diaryl/α,β-unsaturated/α-hetero) is 1. The van der Waals surface area contributed by atoms with Crippen LogP contribution in [0.4, 0.5) is 0 Å². The number of ether oxygens (including phenoxy) is 5. The molecule has 0 aliphatic carbocycles. The molecule has 0 saturated heterocycles. The molecule has 0 atom stereocenters. The Balaban J connectivity index is 0.000000523. The van der Waals surface area contributed by atoms with E-state index in [0.29, 0.717) is 29.6 Å². The van der Waals surface area contributed by atoms with Gasteiger partial charge in [0.15, 0.2) is 11.4 Å². The SMILES string of the molecule is C=CCSc1ccc(Sc2ccc(SCC=C)cc2)cc1.O=C(CCS)COC(COCOCCS)(COC(=O)CCS)COC(=O)CCS. The first kappa shape index (κ1) is 46.9. The molecular weight excluding hydrogens is 773 g/mol. The topological polar surface area (TPSA) is 97.4 Å². The lowest BCUT2D eigenvalue weighted by Crippen LogP contribution is -2.49. The van der Waals surface area contributed by atoms with E-state index in [0.717, 1.165) is 11.5 Å². The molecule has 0 fully saturated rings. The van der Waals surface area contributed by atoms with Crippen LogP contribution in [0.15, 0.2) is 93.4 Å². The maximum atomic E-state index is 11.9. The molecule has 15 heteroatoms. The van der Waals surface area contributed by atoms with E-state index in [2.05, 4.69) is 112 Å². The van der Waals surface area contributed by atoms with Gasteiger partial charge < -0.3 is 23.7 Å². The van der Waals surface area contributed by atoms with Crippen LogP contribution in [0, 0.1) is 0 Å². The first-order chi connectivity index (χ1) is 24.2. The van der Waals surface area contributed by atoms with Crippen molar-refractivity contribution >= 4 is 104 Å². The number of thiol groups is 4. The minimum Gasteiger partial charge on any atom is -0.462 e. The molecule has 278 valence electrons. The third kappa shape index (κ3) is 22.7. The largest absolute Gasteiger partial charge is 0.462 e. The summed E-state index contributed by atoms with van der Waals surface area (Å²) in [5, 5.41) is 0. The summed E-state index contributed by atoms with van der Waals surface area (Å²) in [4.78, 5) is 40.6. The van der Waals surface area contributed by atoms with E-state index in [1.165, 1.54) is 19.6 Å². The van der Waals surface area contributed by atoms with Crippen LogP contribution in [0.2, 0.25) is 0 Å². The molecule has 0 saturated carbocycles. The molecule has 50 heavy (non-hydrogen) atoms. The van der Waals surface area contributed by atoms with E-state index in [1.807, 2.05) is 12.2 Å². The zero-order valence-electron chi connectivity index (χ0n) is 28.1. The third-order valence-corrected chi connectivity index (χ3v) is 9.83. The van der Waals surface area contributed by atoms with Crippen molar-refractivity contribution in [3.05, 3.63) is 73.8 Å². The van der Waals surface area contributed by atoms with Gasteiger partial charge in [-0.2, -0.15) is 50.5 Å². The van der Waals surface area contributed by atoms with Crippen molar-refractivity contribution in [1.29, 1.82) is 0 Å². The van der Waals surface area contributed by atoms with Crippen molar-refractivity contribution in [3.8, 4) is 0 Å². The molecule has 0 spiro atoms. The summed E-state index contributed by atoms with van der Waals surface area (Å²) in [5.74, 6) is 2.25. The second-order valence-corrected chi connectivity index (χ2v) is 15.2. The van der Waals surface area contributed by atoms with Gasteiger partial charge in [0.25, 0.3) is 0 Å². The minimum atomic E-state index is -1.37. The zero-order valence-corrected chi connectivity index (χ0v) is 34.1. The summed E-state index contributed by atoms with van der Waals surface area (Å²) in [6.07, 6.45) is 4.27. The van der Waals surface area contributed by atoms with E-state index < -0.39 is 17.5 Å². The fourth-order valence-corrected chi connectivity index (χ4v) is 6.33. The molecule has 2 rings (SSSR count). The molecule has 0 aliphatic heterocycles. The van der Waals surface area contributed by atoms with Gasteiger partial charge in [0.1, 0.15) is 26.6 Å². The van der Waals surface area contributed by atoms with Crippen LogP contribution >= 0.6 is 85.8 Å². The highest BCUT2D eigenvalue weighted by molar-refractivity contribution is 8.00. The van der Waals surface area contributed by atoms with Crippen molar-refractivity contribution in [3.63, 3.8) is 0 Å². The normalized spacial score (nSPS) is 10.9. The zero-order chi connectivity index (χ0) is 36.9. The van der Waals surface area contributed by atoms with E-state index in [4.69, 9.17) is 23.7 Å². The average molecular weight is 821 g/mol. The third-order valence-electron chi connectivity index (χ3n) is 5.94. The van der Waals surface area contributed by atoms with Crippen molar-refractivity contribution in [1.82, 2.24) is 0 Å². The van der Waals surface area contributed by atoms with E-state index in [-0.39, 0.29) is 58.3 Å². The molecule has 2 aromatic carbocycles. The molecule has 0 amide bonds. The van der Waals surface area contributed by atoms with Gasteiger partial charge >= 0.3 is 11.9 Å². The Bertz CT molecular complexity index is 1140. The smallest absolute Gasteiger partial charge is 0.306 e. The number of ketones is 1. The highest BCUT2D eigenvalue weighted by atomic mass is 32.2. The number of esters is 2. The predicted molar refractivity (Wildman–Crippen MR) is 220 cm³/mol. The van der Waals surface area contributed by atoms with Crippen LogP contribution in [0.1, 0.15) is 19.3 Å². The van der Waals surface area contributed by atoms with Crippen molar-refractivity contribution in [2.75, 3.05) is 74.3 Å². The van der Waals surface area contributed by atoms with Crippen molar-refractivity contribution in [2.24, 2.45) is 0 Å². The average Bonchev–Trinajstić information content (AvgIpc) is 3.12. The van der Waals surface area contributed by atoms with Crippen LogP contribution in [0.5, 0.6) is 0 Å². The number of benzene rings is 2. The maximum Gasteiger partial charge on any atom is 0.306 e. The summed E-state index contributed by atoms with van der Waals surface area (Å²) in [5.41, 5.74) is -1.37. The fourth-order valence-electron chi connectivity index (χ4n) is 3.50. The monoisotopic (exact) mass is 820 g/mol. The molecule has 8 nitrogen and oxygen atoms in total. The van der Waals surface area contributed by atoms with Gasteiger partial charge in [0, 0.05) is 54.8 Å². The molecule has 0 unspecified atom stereocenters. The molecule has 0 aromatic heterocycles. The van der Waals surface area contributed by atoms with Gasteiger partial charge in [0.05, 0.1) is 26.1 Å². The summed E-state index contributed by atoms with van der Waals surface area (Å²) in [7, 11) is 0. The Hall–Kier alpha value is -1.14. The van der Waals surface area contributed by atoms with Gasteiger partial charge in [-0.05, 0) is 54.3 Å². The fraction of sp³-hybridized carbons (Fsp3) is 0.457. The number of hydrogen-bond donors (Lipinski definition) is 4. The molecule has 0 bridgehead atoms. The van der Waals surface area contributed by atoms with Gasteiger partial charge in [-0.3, -0.25) is 14.4 Å². The van der Waals surface area contributed by atoms with Crippen molar-refractivity contribution < 1.29 is 38.1 Å². The molecule has 0 heterocycles. The molecule has 0 radical (unpaired) electrons. The molecule has 0 aliphatic rings. The minimum absolute atomic E-state index is 0.0641. The number of carbonyl (C=O) groups excluding carboxylic acids is 3. The van der Waals surface area contributed by atoms with Gasteiger partial charge in [-0.25, -0.2) is 0 Å². The summed E-state index contributed by atoms with van der Waals surface area (Å²) >= 11 is 21.4. The number of thioether (sulfide) groups is 2. The van der Waals surface area contributed by atoms with Crippen LogP contribution in [-0.4, -0.2) is 97.7 Å². The van der Waals surface area contributed by atoms with Crippen LogP contribution in [-0.2, 0) is 38.1 Å². The summed E-state index contributed by atoms with van der Waals surface area (Å²) in [6.45, 7) is 6.87. The van der Waals surface area contributed by atoms with Gasteiger partial charge in [0.2, 0.25) is 0 Å². The lowest BCUT2D eigenvalue weighted by molar-refractivity contribution is -0.193.